The number of para-hydroxylation sites is 1. The molecule has 0 radical (unpaired) electrons. The Morgan fingerprint density at radius 2 is 1.95 bits per heavy atom. The molecule has 21 heavy (non-hydrogen) atoms. The molecule has 2 N–H and O–H groups in total. The second kappa shape index (κ2) is 4.88. The van der Waals surface area contributed by atoms with Gasteiger partial charge in [0.25, 0.3) is 0 Å². The summed E-state index contributed by atoms with van der Waals surface area (Å²) in [4.78, 5) is 17.6. The maximum atomic E-state index is 12.5. The average Bonchev–Trinajstić information content (AvgIpc) is 2.95. The minimum absolute atomic E-state index is 0.0272. The lowest BCUT2D eigenvalue weighted by atomic mass is 9.92. The van der Waals surface area contributed by atoms with Gasteiger partial charge in [-0.25, -0.2) is 0 Å². The summed E-state index contributed by atoms with van der Waals surface area (Å²) in [5.74, 6) is 0.181. The summed E-state index contributed by atoms with van der Waals surface area (Å²) in [6.07, 6.45) is 2.82. The smallest absolute Gasteiger partial charge is 0.241 e. The van der Waals surface area contributed by atoms with E-state index in [9.17, 15) is 4.79 Å². The zero-order valence-electron chi connectivity index (χ0n) is 13.1. The molecule has 0 saturated carbocycles. The fraction of sp³-hybridized carbons (Fsp3) is 0.471. The number of nitrogens with zero attached hydrogens (tertiary/aromatic N) is 1. The van der Waals surface area contributed by atoms with E-state index in [0.717, 1.165) is 11.9 Å². The molecule has 2 heterocycles. The highest BCUT2D eigenvalue weighted by Gasteiger charge is 2.42. The van der Waals surface area contributed by atoms with Gasteiger partial charge in [0.05, 0.1) is 12.2 Å². The predicted octanol–water partition coefficient (Wildman–Crippen LogP) is 2.51. The van der Waals surface area contributed by atoms with Gasteiger partial charge in [-0.3, -0.25) is 10.1 Å². The number of aromatic amines is 1. The third-order valence-corrected chi connectivity index (χ3v) is 4.31. The molecule has 4 nitrogen and oxygen atoms in total. The highest BCUT2D eigenvalue weighted by atomic mass is 16.2. The van der Waals surface area contributed by atoms with E-state index in [1.54, 1.807) is 0 Å². The van der Waals surface area contributed by atoms with Crippen molar-refractivity contribution in [2.75, 3.05) is 7.05 Å². The maximum absolute atomic E-state index is 12.5. The summed E-state index contributed by atoms with van der Waals surface area (Å²) >= 11 is 0. The Morgan fingerprint density at radius 1 is 1.24 bits per heavy atom. The van der Waals surface area contributed by atoms with Crippen LogP contribution < -0.4 is 5.32 Å². The average molecular weight is 285 g/mol. The minimum Gasteiger partial charge on any atom is -0.361 e. The van der Waals surface area contributed by atoms with Gasteiger partial charge in [-0.2, -0.15) is 0 Å². The van der Waals surface area contributed by atoms with Crippen molar-refractivity contribution in [2.24, 2.45) is 5.41 Å². The molecule has 0 bridgehead atoms. The van der Waals surface area contributed by atoms with E-state index >= 15 is 0 Å². The molecule has 2 aromatic rings. The number of H-pyrrole nitrogens is 1. The van der Waals surface area contributed by atoms with Crippen LogP contribution in [-0.4, -0.2) is 35.0 Å². The Bertz CT molecular complexity index is 668. The molecule has 112 valence electrons. The van der Waals surface area contributed by atoms with Crippen LogP contribution in [-0.2, 0) is 11.2 Å². The summed E-state index contributed by atoms with van der Waals surface area (Å²) in [6.45, 7) is 6.47. The fourth-order valence-corrected chi connectivity index (χ4v) is 3.24. The molecular weight excluding hydrogens is 262 g/mol. The van der Waals surface area contributed by atoms with E-state index in [0.29, 0.717) is 0 Å². The van der Waals surface area contributed by atoms with E-state index in [-0.39, 0.29) is 23.5 Å². The zero-order valence-corrected chi connectivity index (χ0v) is 13.1. The number of carbonyl (C=O) groups is 1. The molecule has 0 aliphatic carbocycles. The van der Waals surface area contributed by atoms with Crippen LogP contribution in [0, 0.1) is 5.41 Å². The van der Waals surface area contributed by atoms with E-state index < -0.39 is 0 Å². The molecular formula is C17H23N3O. The first-order valence-corrected chi connectivity index (χ1v) is 7.45. The molecule has 0 unspecified atom stereocenters. The summed E-state index contributed by atoms with van der Waals surface area (Å²) in [7, 11) is 1.89. The van der Waals surface area contributed by atoms with E-state index in [1.165, 1.54) is 10.9 Å². The van der Waals surface area contributed by atoms with Crippen molar-refractivity contribution in [3.8, 4) is 0 Å². The number of carbonyl (C=O) groups excluding carboxylic acids is 1. The number of benzene rings is 1. The maximum Gasteiger partial charge on any atom is 0.241 e. The zero-order chi connectivity index (χ0) is 15.2. The van der Waals surface area contributed by atoms with Crippen LogP contribution >= 0.6 is 0 Å². The van der Waals surface area contributed by atoms with Crippen LogP contribution in [0.25, 0.3) is 10.9 Å². The molecule has 1 saturated heterocycles. The number of amides is 1. The summed E-state index contributed by atoms with van der Waals surface area (Å²) in [5.41, 5.74) is 2.34. The second-order valence-electron chi connectivity index (χ2n) is 7.00. The molecule has 1 aromatic carbocycles. The van der Waals surface area contributed by atoms with Crippen LogP contribution in [0.3, 0.4) is 0 Å². The van der Waals surface area contributed by atoms with Crippen molar-refractivity contribution >= 4 is 16.8 Å². The highest BCUT2D eigenvalue weighted by molar-refractivity contribution is 5.87. The number of hydrogen-bond donors (Lipinski definition) is 2. The summed E-state index contributed by atoms with van der Waals surface area (Å²) in [6, 6.07) is 8.08. The van der Waals surface area contributed by atoms with Crippen LogP contribution in [0.15, 0.2) is 30.5 Å². The lowest BCUT2D eigenvalue weighted by Crippen LogP contribution is -2.45. The van der Waals surface area contributed by atoms with Gasteiger partial charge in [0, 0.05) is 24.1 Å². The molecule has 4 heteroatoms. The molecule has 1 aliphatic heterocycles. The van der Waals surface area contributed by atoms with Crippen molar-refractivity contribution in [1.82, 2.24) is 15.2 Å². The third kappa shape index (κ3) is 2.44. The van der Waals surface area contributed by atoms with Crippen LogP contribution in [0.4, 0.5) is 0 Å². The van der Waals surface area contributed by atoms with Gasteiger partial charge < -0.3 is 9.88 Å². The third-order valence-electron chi connectivity index (χ3n) is 4.31. The van der Waals surface area contributed by atoms with Crippen molar-refractivity contribution < 1.29 is 4.79 Å². The van der Waals surface area contributed by atoms with Crippen LogP contribution in [0.2, 0.25) is 0 Å². The van der Waals surface area contributed by atoms with Gasteiger partial charge in [-0.05, 0) is 23.5 Å². The number of aromatic nitrogens is 1. The van der Waals surface area contributed by atoms with Gasteiger partial charge in [0.15, 0.2) is 0 Å². The highest BCUT2D eigenvalue weighted by Crippen LogP contribution is 2.28. The molecule has 1 amide bonds. The normalized spacial score (nSPS) is 23.2. The lowest BCUT2D eigenvalue weighted by Gasteiger charge is -2.32. The Kier molecular flexibility index (Phi) is 3.29. The largest absolute Gasteiger partial charge is 0.361 e. The second-order valence-corrected chi connectivity index (χ2v) is 7.00. The van der Waals surface area contributed by atoms with E-state index in [2.05, 4.69) is 43.2 Å². The quantitative estimate of drug-likeness (QED) is 0.890. The van der Waals surface area contributed by atoms with Crippen LogP contribution in [0.1, 0.15) is 26.3 Å². The van der Waals surface area contributed by atoms with Gasteiger partial charge in [0.2, 0.25) is 5.91 Å². The van der Waals surface area contributed by atoms with Gasteiger partial charge >= 0.3 is 0 Å². The predicted molar refractivity (Wildman–Crippen MR) is 84.9 cm³/mol. The Morgan fingerprint density at radius 3 is 2.62 bits per heavy atom. The first kappa shape index (κ1) is 14.1. The molecule has 1 fully saturated rings. The fourth-order valence-electron chi connectivity index (χ4n) is 3.24. The van der Waals surface area contributed by atoms with E-state index in [4.69, 9.17) is 0 Å². The van der Waals surface area contributed by atoms with Crippen LogP contribution in [0.5, 0.6) is 0 Å². The summed E-state index contributed by atoms with van der Waals surface area (Å²) < 4.78 is 0. The standard InChI is InChI=1S/C17H23N3O/c1-17(2,3)16-19-14(15(21)20(16)4)9-11-10-18-13-8-6-5-7-12(11)13/h5-8,10,14,16,18-19H,9H2,1-4H3/t14-,16+/m0/s1. The monoisotopic (exact) mass is 285 g/mol. The number of fused-ring (bicyclic) bond motifs is 1. The number of rotatable bonds is 2. The lowest BCUT2D eigenvalue weighted by molar-refractivity contribution is -0.129. The number of nitrogens with one attached hydrogen (secondary N) is 2. The van der Waals surface area contributed by atoms with E-state index in [1.807, 2.05) is 30.3 Å². The number of likely N-dealkylation sites (N-methyl/N-ethyl adjacent to an activating group) is 1. The molecule has 2 atom stereocenters. The Balaban J connectivity index is 1.84. The first-order chi connectivity index (χ1) is 9.88. The number of hydrogen-bond acceptors (Lipinski definition) is 2. The Hall–Kier alpha value is -1.81. The van der Waals surface area contributed by atoms with Gasteiger partial charge in [-0.15, -0.1) is 0 Å². The van der Waals surface area contributed by atoms with Crippen molar-refractivity contribution in [3.05, 3.63) is 36.0 Å². The van der Waals surface area contributed by atoms with Crippen molar-refractivity contribution in [1.29, 1.82) is 0 Å². The molecule has 0 spiro atoms. The van der Waals surface area contributed by atoms with Crippen molar-refractivity contribution in [2.45, 2.75) is 39.4 Å². The molecule has 1 aromatic heterocycles. The minimum atomic E-state index is -0.140. The molecule has 3 rings (SSSR count). The van der Waals surface area contributed by atoms with Crippen molar-refractivity contribution in [3.63, 3.8) is 0 Å². The SMILES string of the molecule is CN1C(=O)[C@H](Cc2c[nH]c3ccccc23)N[C@H]1C(C)(C)C. The summed E-state index contributed by atoms with van der Waals surface area (Å²) in [5, 5.41) is 4.70. The van der Waals surface area contributed by atoms with Gasteiger partial charge in [0.1, 0.15) is 0 Å². The Labute approximate surface area is 125 Å². The topological polar surface area (TPSA) is 48.1 Å². The molecule has 1 aliphatic rings. The van der Waals surface area contributed by atoms with Gasteiger partial charge in [-0.1, -0.05) is 39.0 Å². The first-order valence-electron chi connectivity index (χ1n) is 7.45.